The molecule has 0 aliphatic carbocycles. The molecule has 0 radical (unpaired) electrons. The zero-order chi connectivity index (χ0) is 23.7. The highest BCUT2D eigenvalue weighted by atomic mass is 16.5. The Labute approximate surface area is 198 Å². The molecule has 8 nitrogen and oxygen atoms in total. The number of nitrogens with two attached hydrogens (primary N) is 1. The van der Waals surface area contributed by atoms with Crippen LogP contribution in [-0.2, 0) is 4.79 Å². The van der Waals surface area contributed by atoms with Crippen molar-refractivity contribution in [2.24, 2.45) is 0 Å². The number of nitrogens with zero attached hydrogens (tertiary/aromatic N) is 5. The Morgan fingerprint density at radius 3 is 2.59 bits per heavy atom. The topological polar surface area (TPSA) is 99.2 Å². The number of anilines is 1. The van der Waals surface area contributed by atoms with Gasteiger partial charge in [0, 0.05) is 18.7 Å². The van der Waals surface area contributed by atoms with E-state index in [1.54, 1.807) is 0 Å². The second-order valence-electron chi connectivity index (χ2n) is 8.37. The van der Waals surface area contributed by atoms with Crippen molar-refractivity contribution in [2.75, 3.05) is 18.8 Å². The minimum Gasteiger partial charge on any atom is -0.457 e. The number of ether oxygens (including phenoxy) is 1. The third kappa shape index (κ3) is 4.12. The number of carbonyl (C=O) groups is 1. The smallest absolute Gasteiger partial charge is 0.246 e. The number of hydrogen-bond acceptors (Lipinski definition) is 6. The minimum absolute atomic E-state index is 0.0108. The molecule has 9 heteroatoms. The Morgan fingerprint density at radius 1 is 1.12 bits per heavy atom. The fraction of sp³-hybridized carbons (Fsp3) is 0.200. The van der Waals surface area contributed by atoms with Gasteiger partial charge < -0.3 is 15.4 Å². The summed E-state index contributed by atoms with van der Waals surface area (Å²) in [6, 6.07) is 17.4. The van der Waals surface area contributed by atoms with Crippen LogP contribution in [0.2, 0.25) is 0 Å². The number of piperidine rings is 1. The summed E-state index contributed by atoms with van der Waals surface area (Å²) in [6.45, 7) is 4.89. The van der Waals surface area contributed by atoms with Crippen LogP contribution in [0.1, 0.15) is 18.9 Å². The molecule has 1 atom stereocenters. The van der Waals surface area contributed by atoms with E-state index in [9.17, 15) is 4.79 Å². The number of fused-ring (bicyclic) bond motifs is 1. The fourth-order valence-electron chi connectivity index (χ4n) is 4.42. The van der Waals surface area contributed by atoms with Crippen molar-refractivity contribution in [2.45, 2.75) is 18.9 Å². The third-order valence-electron chi connectivity index (χ3n) is 6.03. The SMILES string of the molecule is Bc1nc(N)c2c(-c3ccc(Oc4ccccc4)cc3)nn([C@@H]3CCCN(C(=O)C=C)C3)c2n1. The highest BCUT2D eigenvalue weighted by Crippen LogP contribution is 2.34. The zero-order valence-corrected chi connectivity index (χ0v) is 19.0. The first kappa shape index (κ1) is 21.7. The average molecular weight is 452 g/mol. The molecule has 0 unspecified atom stereocenters. The van der Waals surface area contributed by atoms with Crippen molar-refractivity contribution in [3.8, 4) is 22.8 Å². The number of likely N-dealkylation sites (tertiary alicyclic amines) is 1. The fourth-order valence-corrected chi connectivity index (χ4v) is 4.42. The van der Waals surface area contributed by atoms with Gasteiger partial charge in [-0.05, 0) is 55.3 Å². The van der Waals surface area contributed by atoms with E-state index in [0.29, 0.717) is 36.0 Å². The van der Waals surface area contributed by atoms with Crippen LogP contribution in [0, 0.1) is 0 Å². The number of para-hydroxylation sites is 1. The second-order valence-corrected chi connectivity index (χ2v) is 8.37. The second kappa shape index (κ2) is 9.01. The summed E-state index contributed by atoms with van der Waals surface area (Å²) in [7, 11) is 1.82. The van der Waals surface area contributed by atoms with Crippen LogP contribution >= 0.6 is 0 Å². The van der Waals surface area contributed by atoms with Gasteiger partial charge in [0.2, 0.25) is 5.91 Å². The lowest BCUT2D eigenvalue weighted by Gasteiger charge is -2.32. The van der Waals surface area contributed by atoms with Crippen molar-refractivity contribution in [3.63, 3.8) is 0 Å². The molecule has 2 aromatic heterocycles. The van der Waals surface area contributed by atoms with E-state index < -0.39 is 0 Å². The maximum Gasteiger partial charge on any atom is 0.246 e. The lowest BCUT2D eigenvalue weighted by Crippen LogP contribution is -2.40. The molecule has 0 saturated carbocycles. The molecule has 2 aromatic carbocycles. The molecule has 4 aromatic rings. The van der Waals surface area contributed by atoms with Gasteiger partial charge in [-0.25, -0.2) is 14.6 Å². The van der Waals surface area contributed by atoms with Gasteiger partial charge in [-0.1, -0.05) is 24.8 Å². The Bertz CT molecular complexity index is 1350. The number of carbonyl (C=O) groups excluding carboxylic acids is 1. The van der Waals surface area contributed by atoms with Crippen LogP contribution in [0.4, 0.5) is 5.82 Å². The van der Waals surface area contributed by atoms with E-state index in [2.05, 4.69) is 16.5 Å². The van der Waals surface area contributed by atoms with Crippen LogP contribution in [0.25, 0.3) is 22.3 Å². The summed E-state index contributed by atoms with van der Waals surface area (Å²) in [6.07, 6.45) is 3.13. The van der Waals surface area contributed by atoms with Crippen LogP contribution in [0.15, 0.2) is 67.3 Å². The molecule has 1 saturated heterocycles. The van der Waals surface area contributed by atoms with Gasteiger partial charge in [-0.15, -0.1) is 0 Å². The first-order valence-corrected chi connectivity index (χ1v) is 11.3. The van der Waals surface area contributed by atoms with Gasteiger partial charge >= 0.3 is 0 Å². The first-order valence-electron chi connectivity index (χ1n) is 11.3. The van der Waals surface area contributed by atoms with E-state index in [4.69, 9.17) is 15.6 Å². The highest BCUT2D eigenvalue weighted by molar-refractivity contribution is 6.29. The highest BCUT2D eigenvalue weighted by Gasteiger charge is 2.28. The van der Waals surface area contributed by atoms with Crippen LogP contribution in [0.3, 0.4) is 0 Å². The number of aromatic nitrogens is 4. The van der Waals surface area contributed by atoms with Gasteiger partial charge in [0.25, 0.3) is 0 Å². The van der Waals surface area contributed by atoms with Crippen molar-refractivity contribution in [1.82, 2.24) is 24.6 Å². The Kier molecular flexibility index (Phi) is 5.75. The van der Waals surface area contributed by atoms with Crippen molar-refractivity contribution in [3.05, 3.63) is 67.3 Å². The zero-order valence-electron chi connectivity index (χ0n) is 19.0. The van der Waals surface area contributed by atoms with E-state index >= 15 is 0 Å². The molecule has 0 bridgehead atoms. The quantitative estimate of drug-likeness (QED) is 0.369. The van der Waals surface area contributed by atoms with Gasteiger partial charge in [-0.2, -0.15) is 5.10 Å². The van der Waals surface area contributed by atoms with Gasteiger partial charge in [0.05, 0.1) is 17.2 Å². The van der Waals surface area contributed by atoms with E-state index in [1.165, 1.54) is 6.08 Å². The number of benzene rings is 2. The maximum atomic E-state index is 12.2. The van der Waals surface area contributed by atoms with E-state index in [1.807, 2.05) is 72.0 Å². The lowest BCUT2D eigenvalue weighted by atomic mass is 10.1. The molecule has 1 fully saturated rings. The molecule has 34 heavy (non-hydrogen) atoms. The van der Waals surface area contributed by atoms with E-state index in [0.717, 1.165) is 35.3 Å². The van der Waals surface area contributed by atoms with Crippen LogP contribution < -0.4 is 16.2 Å². The monoisotopic (exact) mass is 452 g/mol. The number of hydrogen-bond donors (Lipinski definition) is 1. The summed E-state index contributed by atoms with van der Waals surface area (Å²) in [5.74, 6) is 1.82. The molecule has 3 heterocycles. The number of amides is 1. The largest absolute Gasteiger partial charge is 0.457 e. The predicted molar refractivity (Wildman–Crippen MR) is 135 cm³/mol. The van der Waals surface area contributed by atoms with Crippen molar-refractivity contribution >= 4 is 36.3 Å². The lowest BCUT2D eigenvalue weighted by molar-refractivity contribution is -0.127. The molecular formula is C25H25BN6O2. The maximum absolute atomic E-state index is 12.2. The molecule has 1 aliphatic heterocycles. The summed E-state index contributed by atoms with van der Waals surface area (Å²) in [5.41, 5.74) is 9.23. The normalized spacial score (nSPS) is 15.9. The average Bonchev–Trinajstić information content (AvgIpc) is 3.24. The molecule has 5 rings (SSSR count). The molecular weight excluding hydrogens is 427 g/mol. The first-order chi connectivity index (χ1) is 16.5. The van der Waals surface area contributed by atoms with Gasteiger partial charge in [-0.3, -0.25) is 4.79 Å². The summed E-state index contributed by atoms with van der Waals surface area (Å²) in [5, 5.41) is 5.67. The van der Waals surface area contributed by atoms with E-state index in [-0.39, 0.29) is 11.9 Å². The van der Waals surface area contributed by atoms with Crippen molar-refractivity contribution in [1.29, 1.82) is 0 Å². The van der Waals surface area contributed by atoms with Crippen LogP contribution in [-0.4, -0.2) is 51.5 Å². The van der Waals surface area contributed by atoms with Crippen LogP contribution in [0.5, 0.6) is 11.5 Å². The Balaban J connectivity index is 1.53. The molecule has 170 valence electrons. The third-order valence-corrected chi connectivity index (χ3v) is 6.03. The van der Waals surface area contributed by atoms with Gasteiger partial charge in [0.1, 0.15) is 23.0 Å². The summed E-state index contributed by atoms with van der Waals surface area (Å²) in [4.78, 5) is 23.1. The summed E-state index contributed by atoms with van der Waals surface area (Å²) >= 11 is 0. The predicted octanol–water partition coefficient (Wildman–Crippen LogP) is 2.48. The standard InChI is InChI=1S/C25H25BN6O2/c1-2-20(33)31-14-6-7-17(15-31)32-24-21(23(27)28-25(26)29-24)22(30-32)16-10-12-19(13-11-16)34-18-8-4-3-5-9-18/h2-5,8-13,17H,1,6-7,14-15,26H2,(H2,27,28,29)/t17-/m1/s1. The Hall–Kier alpha value is -4.14. The number of nitrogen functional groups attached to an aromatic ring is 1. The molecule has 0 spiro atoms. The van der Waals surface area contributed by atoms with Gasteiger partial charge in [0.15, 0.2) is 13.5 Å². The molecule has 1 amide bonds. The molecule has 2 N–H and O–H groups in total. The molecule has 1 aliphatic rings. The summed E-state index contributed by atoms with van der Waals surface area (Å²) < 4.78 is 7.83. The number of rotatable bonds is 5. The van der Waals surface area contributed by atoms with Crippen molar-refractivity contribution < 1.29 is 9.53 Å². The Morgan fingerprint density at radius 2 is 1.85 bits per heavy atom. The minimum atomic E-state index is -0.0688.